The van der Waals surface area contributed by atoms with Crippen LogP contribution in [0.25, 0.3) is 44.3 Å². The van der Waals surface area contributed by atoms with E-state index in [-0.39, 0.29) is 5.41 Å². The van der Waals surface area contributed by atoms with Gasteiger partial charge in [-0.2, -0.15) is 0 Å². The van der Waals surface area contributed by atoms with Gasteiger partial charge in [-0.3, -0.25) is 0 Å². The quantitative estimate of drug-likeness (QED) is 0.153. The zero-order chi connectivity index (χ0) is 41.1. The number of fused-ring (bicyclic) bond motifs is 9. The number of nitrogens with zero attached hydrogens (tertiary/aromatic N) is 2. The number of benzene rings is 6. The van der Waals surface area contributed by atoms with Crippen LogP contribution < -0.4 is 19.3 Å². The molecule has 3 heterocycles. The van der Waals surface area contributed by atoms with Crippen LogP contribution in [0, 0.1) is 0 Å². The number of morpholine rings is 2. The summed E-state index contributed by atoms with van der Waals surface area (Å²) in [5.41, 5.74) is 13.0. The van der Waals surface area contributed by atoms with Gasteiger partial charge in [0.1, 0.15) is 11.5 Å². The van der Waals surface area contributed by atoms with Crippen LogP contribution in [0.1, 0.15) is 67.3 Å². The van der Waals surface area contributed by atoms with Crippen LogP contribution in [-0.2, 0) is 20.5 Å². The van der Waals surface area contributed by atoms with Gasteiger partial charge in [-0.05, 0) is 111 Å². The lowest BCUT2D eigenvalue weighted by atomic mass is 9.70. The topological polar surface area (TPSA) is 43.4 Å². The monoisotopic (exact) mass is 806 g/mol. The average Bonchev–Trinajstić information content (AvgIpc) is 3.64. The molecule has 0 saturated carbocycles. The Labute approximate surface area is 359 Å². The Hall–Kier alpha value is -5.82. The lowest BCUT2D eigenvalue weighted by molar-refractivity contribution is 0.122. The van der Waals surface area contributed by atoms with Crippen molar-refractivity contribution in [2.75, 3.05) is 69.5 Å². The van der Waals surface area contributed by atoms with Gasteiger partial charge >= 0.3 is 0 Å². The number of methoxy groups -OCH3 is 1. The fourth-order valence-electron chi connectivity index (χ4n) is 11.3. The Morgan fingerprint density at radius 3 is 2.11 bits per heavy atom. The standard InChI is InChI=1S/C55H54N2O4/c1-4-54(5-2)48-16-9-8-14-44(48)51-46-35-49(57-29-33-60-34-30-57)50(58-3)36-47(46)53-45(52(51)54)25-26-55(61-53,40-21-23-41(24-22-40)56-27-31-59-32-28-56)39-19-17-38(18-20-39)43-15-10-12-37-11-6-7-13-42(37)43/h6-17,19,21-26,35-36H,4-5,18,20,27-34H2,1-3H3. The van der Waals surface area contributed by atoms with Gasteiger partial charge in [0.25, 0.3) is 0 Å². The van der Waals surface area contributed by atoms with Crippen LogP contribution >= 0.6 is 0 Å². The molecule has 0 amide bonds. The predicted octanol–water partition coefficient (Wildman–Crippen LogP) is 11.9. The largest absolute Gasteiger partial charge is 0.495 e. The van der Waals surface area contributed by atoms with Gasteiger partial charge in [0.15, 0.2) is 5.60 Å². The Bertz CT molecular complexity index is 2760. The first kappa shape index (κ1) is 38.1. The third-order valence-corrected chi connectivity index (χ3v) is 14.5. The molecule has 1 unspecified atom stereocenters. The highest BCUT2D eigenvalue weighted by Crippen LogP contribution is 2.61. The van der Waals surface area contributed by atoms with E-state index >= 15 is 0 Å². The fourth-order valence-corrected chi connectivity index (χ4v) is 11.3. The zero-order valence-corrected chi connectivity index (χ0v) is 35.6. The molecule has 0 bridgehead atoms. The van der Waals surface area contributed by atoms with Crippen LogP contribution in [0.5, 0.6) is 11.5 Å². The number of hydrogen-bond donors (Lipinski definition) is 0. The molecule has 61 heavy (non-hydrogen) atoms. The van der Waals surface area contributed by atoms with Crippen molar-refractivity contribution in [3.05, 3.63) is 155 Å². The molecular formula is C55H54N2O4. The molecule has 6 heteroatoms. The molecule has 2 aliphatic carbocycles. The summed E-state index contributed by atoms with van der Waals surface area (Å²) in [7, 11) is 1.80. The normalized spacial score (nSPS) is 20.4. The van der Waals surface area contributed by atoms with Gasteiger partial charge < -0.3 is 28.7 Å². The molecule has 5 aliphatic rings. The van der Waals surface area contributed by atoms with E-state index in [2.05, 4.69) is 151 Å². The summed E-state index contributed by atoms with van der Waals surface area (Å²) in [5, 5.41) is 4.87. The summed E-state index contributed by atoms with van der Waals surface area (Å²) in [6.45, 7) is 11.1. The summed E-state index contributed by atoms with van der Waals surface area (Å²) >= 11 is 0. The van der Waals surface area contributed by atoms with E-state index in [1.165, 1.54) is 66.4 Å². The number of hydrogen-bond acceptors (Lipinski definition) is 6. The maximum atomic E-state index is 7.94. The number of rotatable bonds is 8. The Kier molecular flexibility index (Phi) is 9.54. The number of ether oxygens (including phenoxy) is 4. The van der Waals surface area contributed by atoms with Crippen molar-refractivity contribution >= 4 is 44.6 Å². The van der Waals surface area contributed by atoms with Crippen LogP contribution in [0.2, 0.25) is 0 Å². The van der Waals surface area contributed by atoms with E-state index in [1.807, 2.05) is 0 Å². The molecule has 0 aromatic heterocycles. The van der Waals surface area contributed by atoms with Gasteiger partial charge in [-0.1, -0.05) is 111 Å². The van der Waals surface area contributed by atoms with Crippen LogP contribution in [0.3, 0.4) is 0 Å². The van der Waals surface area contributed by atoms with Crippen molar-refractivity contribution in [1.82, 2.24) is 0 Å². The van der Waals surface area contributed by atoms with Gasteiger partial charge in [0.05, 0.1) is 39.2 Å². The highest BCUT2D eigenvalue weighted by molar-refractivity contribution is 6.10. The molecule has 0 radical (unpaired) electrons. The van der Waals surface area contributed by atoms with Gasteiger partial charge in [0.2, 0.25) is 0 Å². The summed E-state index contributed by atoms with van der Waals surface area (Å²) in [6.07, 6.45) is 13.3. The number of allylic oxidation sites excluding steroid dienone is 3. The number of anilines is 2. The molecule has 3 aliphatic heterocycles. The molecule has 2 fully saturated rings. The third-order valence-electron chi connectivity index (χ3n) is 14.5. The summed E-state index contributed by atoms with van der Waals surface area (Å²) in [4.78, 5) is 4.85. The molecule has 6 aromatic carbocycles. The minimum absolute atomic E-state index is 0.156. The van der Waals surface area contributed by atoms with Crippen molar-refractivity contribution in [2.24, 2.45) is 0 Å². The van der Waals surface area contributed by atoms with Gasteiger partial charge in [-0.15, -0.1) is 0 Å². The molecule has 11 rings (SSSR count). The minimum atomic E-state index is -0.832. The second-order valence-corrected chi connectivity index (χ2v) is 17.2. The van der Waals surface area contributed by atoms with Crippen LogP contribution in [0.4, 0.5) is 11.4 Å². The van der Waals surface area contributed by atoms with Crippen LogP contribution in [-0.4, -0.2) is 59.7 Å². The minimum Gasteiger partial charge on any atom is -0.495 e. The highest BCUT2D eigenvalue weighted by atomic mass is 16.5. The summed E-state index contributed by atoms with van der Waals surface area (Å²) < 4.78 is 25.8. The van der Waals surface area contributed by atoms with E-state index in [4.69, 9.17) is 18.9 Å². The molecule has 1 atom stereocenters. The molecular weight excluding hydrogens is 753 g/mol. The van der Waals surface area contributed by atoms with Crippen LogP contribution in [0.15, 0.2) is 127 Å². The zero-order valence-electron chi connectivity index (χ0n) is 35.6. The maximum absolute atomic E-state index is 7.94. The first-order valence-corrected chi connectivity index (χ1v) is 22.4. The maximum Gasteiger partial charge on any atom is 0.174 e. The van der Waals surface area contributed by atoms with Crippen molar-refractivity contribution < 1.29 is 18.9 Å². The van der Waals surface area contributed by atoms with E-state index in [1.54, 1.807) is 7.11 Å². The van der Waals surface area contributed by atoms with E-state index in [0.717, 1.165) is 93.2 Å². The molecule has 6 aromatic rings. The van der Waals surface area contributed by atoms with Crippen molar-refractivity contribution in [1.29, 1.82) is 0 Å². The lowest BCUT2D eigenvalue weighted by Crippen LogP contribution is -2.37. The Balaban J connectivity index is 1.14. The molecule has 308 valence electrons. The van der Waals surface area contributed by atoms with E-state index in [9.17, 15) is 0 Å². The fraction of sp³-hybridized carbons (Fsp3) is 0.309. The van der Waals surface area contributed by atoms with E-state index in [0.29, 0.717) is 13.2 Å². The van der Waals surface area contributed by atoms with Crippen molar-refractivity contribution in [2.45, 2.75) is 50.5 Å². The Morgan fingerprint density at radius 1 is 0.672 bits per heavy atom. The smallest absolute Gasteiger partial charge is 0.174 e. The average molecular weight is 807 g/mol. The van der Waals surface area contributed by atoms with Gasteiger partial charge in [-0.25, -0.2) is 0 Å². The Morgan fingerprint density at radius 2 is 1.38 bits per heavy atom. The third kappa shape index (κ3) is 5.97. The lowest BCUT2D eigenvalue weighted by Gasteiger charge is -2.41. The summed E-state index contributed by atoms with van der Waals surface area (Å²) in [5.74, 6) is 1.79. The molecule has 0 spiro atoms. The first-order valence-electron chi connectivity index (χ1n) is 22.4. The molecule has 0 N–H and O–H groups in total. The van der Waals surface area contributed by atoms with Crippen molar-refractivity contribution in [3.63, 3.8) is 0 Å². The first-order chi connectivity index (χ1) is 30.1. The molecule has 6 nitrogen and oxygen atoms in total. The van der Waals surface area contributed by atoms with Crippen molar-refractivity contribution in [3.8, 4) is 22.6 Å². The summed E-state index contributed by atoms with van der Waals surface area (Å²) in [6, 6.07) is 38.4. The predicted molar refractivity (Wildman–Crippen MR) is 250 cm³/mol. The van der Waals surface area contributed by atoms with Gasteiger partial charge in [0, 0.05) is 53.8 Å². The SMILES string of the molecule is CCC1(CC)c2ccccc2-c2c1c1c(c3cc(OC)c(N4CCOCC4)cc23)OC(C2=CC=C(c3cccc4ccccc34)CC2)(c2ccc(N3CCOCC3)cc2)C=C1. The van der Waals surface area contributed by atoms with E-state index < -0.39 is 5.60 Å². The second kappa shape index (κ2) is 15.3. The molecule has 2 saturated heterocycles. The second-order valence-electron chi connectivity index (χ2n) is 17.2. The highest BCUT2D eigenvalue weighted by Gasteiger charge is 2.47.